The molecule has 0 aliphatic heterocycles. The van der Waals surface area contributed by atoms with Crippen molar-refractivity contribution in [1.29, 1.82) is 0 Å². The Morgan fingerprint density at radius 2 is 1.15 bits per heavy atom. The molecule has 0 aromatic heterocycles. The third-order valence-corrected chi connectivity index (χ3v) is 10.1. The van der Waals surface area contributed by atoms with Crippen LogP contribution in [0.3, 0.4) is 0 Å². The summed E-state index contributed by atoms with van der Waals surface area (Å²) in [6, 6.07) is 11.6. The summed E-state index contributed by atoms with van der Waals surface area (Å²) in [5.41, 5.74) is 1.39. The van der Waals surface area contributed by atoms with Gasteiger partial charge in [-0.25, -0.2) is 0 Å². The number of rotatable bonds is 11. The molecule has 0 saturated heterocycles. The summed E-state index contributed by atoms with van der Waals surface area (Å²) in [5.74, 6) is 3.59. The minimum atomic E-state index is -0.961. The van der Waals surface area contributed by atoms with Crippen LogP contribution in [0.5, 0.6) is 17.2 Å². The molecule has 5 rings (SSSR count). The van der Waals surface area contributed by atoms with Crippen molar-refractivity contribution in [1.82, 2.24) is 0 Å². The molecule has 3 aliphatic carbocycles. The van der Waals surface area contributed by atoms with Gasteiger partial charge in [-0.3, -0.25) is 0 Å². The molecule has 3 fully saturated rings. The van der Waals surface area contributed by atoms with Crippen molar-refractivity contribution < 1.29 is 23.0 Å². The average Bonchev–Trinajstić information content (AvgIpc) is 2.99. The first-order valence-corrected chi connectivity index (χ1v) is 16.0. The van der Waals surface area contributed by atoms with E-state index in [1.807, 2.05) is 0 Å². The van der Waals surface area contributed by atoms with Crippen LogP contribution in [0, 0.1) is 47.1 Å². The zero-order valence-corrected chi connectivity index (χ0v) is 24.5. The monoisotopic (exact) mass is 554 g/mol. The lowest BCUT2D eigenvalue weighted by atomic mass is 9.61. The highest BCUT2D eigenvalue weighted by atomic mass is 19.2. The van der Waals surface area contributed by atoms with Crippen molar-refractivity contribution in [3.8, 4) is 17.2 Å². The SMILES string of the molecule is CCCc1ccc(OCC2CCC3CC(C4CCC(COc5ccc(OCC)c(F)c5F)CC4)CCC3C2)cc1. The third-order valence-electron chi connectivity index (χ3n) is 10.1. The van der Waals surface area contributed by atoms with Gasteiger partial charge in [-0.2, -0.15) is 8.78 Å². The molecule has 4 atom stereocenters. The van der Waals surface area contributed by atoms with Gasteiger partial charge >= 0.3 is 0 Å². The van der Waals surface area contributed by atoms with E-state index in [0.717, 1.165) is 55.3 Å². The fourth-order valence-corrected chi connectivity index (χ4v) is 7.78. The number of benzene rings is 2. The number of ether oxygens (including phenoxy) is 3. The topological polar surface area (TPSA) is 27.7 Å². The van der Waals surface area contributed by atoms with Gasteiger partial charge in [-0.1, -0.05) is 25.5 Å². The Labute approximate surface area is 240 Å². The van der Waals surface area contributed by atoms with E-state index in [2.05, 4.69) is 31.2 Å². The molecule has 0 N–H and O–H groups in total. The molecule has 5 heteroatoms. The van der Waals surface area contributed by atoms with Gasteiger partial charge in [0.1, 0.15) is 5.75 Å². The zero-order valence-electron chi connectivity index (χ0n) is 24.5. The molecule has 0 spiro atoms. The van der Waals surface area contributed by atoms with E-state index in [1.54, 1.807) is 6.92 Å². The predicted molar refractivity (Wildman–Crippen MR) is 156 cm³/mol. The van der Waals surface area contributed by atoms with Gasteiger partial charge in [0.25, 0.3) is 0 Å². The maximum atomic E-state index is 14.4. The molecule has 40 heavy (non-hydrogen) atoms. The van der Waals surface area contributed by atoms with Crippen LogP contribution < -0.4 is 14.2 Å². The van der Waals surface area contributed by atoms with Gasteiger partial charge in [0, 0.05) is 0 Å². The Balaban J connectivity index is 1.01. The molecule has 0 radical (unpaired) electrons. The molecule has 0 bridgehead atoms. The summed E-state index contributed by atoms with van der Waals surface area (Å²) in [6.45, 7) is 5.58. The van der Waals surface area contributed by atoms with Crippen LogP contribution in [0.1, 0.15) is 90.0 Å². The van der Waals surface area contributed by atoms with Gasteiger partial charge in [0.15, 0.2) is 11.5 Å². The molecular formula is C35H48F2O3. The minimum absolute atomic E-state index is 0.00715. The van der Waals surface area contributed by atoms with E-state index < -0.39 is 11.6 Å². The third kappa shape index (κ3) is 7.31. The molecule has 3 aliphatic rings. The summed E-state index contributed by atoms with van der Waals surface area (Å²) in [4.78, 5) is 0. The Bertz CT molecular complexity index is 1060. The van der Waals surface area contributed by atoms with Crippen molar-refractivity contribution in [3.63, 3.8) is 0 Å². The molecule has 0 heterocycles. The zero-order chi connectivity index (χ0) is 27.9. The normalized spacial score (nSPS) is 28.5. The fraction of sp³-hybridized carbons (Fsp3) is 0.657. The Morgan fingerprint density at radius 1 is 0.600 bits per heavy atom. The van der Waals surface area contributed by atoms with E-state index in [1.165, 1.54) is 75.5 Å². The number of aryl methyl sites for hydroxylation is 1. The van der Waals surface area contributed by atoms with E-state index in [-0.39, 0.29) is 11.5 Å². The molecule has 2 aromatic carbocycles. The summed E-state index contributed by atoms with van der Waals surface area (Å²) >= 11 is 0. The number of halogens is 2. The predicted octanol–water partition coefficient (Wildman–Crippen LogP) is 9.41. The van der Waals surface area contributed by atoms with Crippen LogP contribution >= 0.6 is 0 Å². The Morgan fingerprint density at radius 3 is 1.82 bits per heavy atom. The highest BCUT2D eigenvalue weighted by molar-refractivity contribution is 5.35. The molecule has 3 nitrogen and oxygen atoms in total. The van der Waals surface area contributed by atoms with Crippen molar-refractivity contribution in [2.75, 3.05) is 19.8 Å². The van der Waals surface area contributed by atoms with Crippen molar-refractivity contribution in [2.24, 2.45) is 35.5 Å². The second kappa shape index (κ2) is 14.0. The van der Waals surface area contributed by atoms with Crippen LogP contribution in [0.4, 0.5) is 8.78 Å². The first kappa shape index (κ1) is 29.2. The van der Waals surface area contributed by atoms with Crippen molar-refractivity contribution >= 4 is 0 Å². The van der Waals surface area contributed by atoms with Crippen molar-refractivity contribution in [3.05, 3.63) is 53.6 Å². The fourth-order valence-electron chi connectivity index (χ4n) is 7.78. The summed E-state index contributed by atoms with van der Waals surface area (Å²) in [5, 5.41) is 0. The summed E-state index contributed by atoms with van der Waals surface area (Å²) < 4.78 is 45.6. The molecular weight excluding hydrogens is 506 g/mol. The number of hydrogen-bond donors (Lipinski definition) is 0. The smallest absolute Gasteiger partial charge is 0.204 e. The minimum Gasteiger partial charge on any atom is -0.493 e. The van der Waals surface area contributed by atoms with E-state index >= 15 is 0 Å². The van der Waals surface area contributed by atoms with E-state index in [4.69, 9.17) is 14.2 Å². The molecule has 4 unspecified atom stereocenters. The maximum Gasteiger partial charge on any atom is 0.204 e. The molecule has 0 amide bonds. The average molecular weight is 555 g/mol. The van der Waals surface area contributed by atoms with Gasteiger partial charge in [-0.05, 0) is 143 Å². The lowest BCUT2D eigenvalue weighted by Gasteiger charge is -2.45. The lowest BCUT2D eigenvalue weighted by molar-refractivity contribution is 0.0458. The first-order valence-electron chi connectivity index (χ1n) is 16.0. The van der Waals surface area contributed by atoms with Gasteiger partial charge in [0.2, 0.25) is 11.6 Å². The van der Waals surface area contributed by atoms with Crippen LogP contribution in [-0.4, -0.2) is 19.8 Å². The van der Waals surface area contributed by atoms with E-state index in [0.29, 0.717) is 25.0 Å². The second-order valence-corrected chi connectivity index (χ2v) is 12.7. The van der Waals surface area contributed by atoms with Crippen LogP contribution in [0.15, 0.2) is 36.4 Å². The number of fused-ring (bicyclic) bond motifs is 1. The first-order chi connectivity index (χ1) is 19.5. The van der Waals surface area contributed by atoms with Gasteiger partial charge in [0.05, 0.1) is 19.8 Å². The summed E-state index contributed by atoms with van der Waals surface area (Å²) in [6.07, 6.45) is 15.2. The second-order valence-electron chi connectivity index (χ2n) is 12.7. The maximum absolute atomic E-state index is 14.4. The lowest BCUT2D eigenvalue weighted by Crippen LogP contribution is -2.36. The van der Waals surface area contributed by atoms with Gasteiger partial charge < -0.3 is 14.2 Å². The quantitative estimate of drug-likeness (QED) is 0.277. The summed E-state index contributed by atoms with van der Waals surface area (Å²) in [7, 11) is 0. The van der Waals surface area contributed by atoms with E-state index in [9.17, 15) is 8.78 Å². The van der Waals surface area contributed by atoms with Crippen LogP contribution in [-0.2, 0) is 6.42 Å². The number of hydrogen-bond acceptors (Lipinski definition) is 3. The molecule has 2 aromatic rings. The standard InChI is InChI=1S/C35H48F2O3/c1-3-5-24-9-16-31(17-10-24)39-23-26-8-13-30-21-29(15-14-28(30)20-26)27-11-6-25(7-12-27)22-40-33-19-18-32(38-4-2)34(36)35(33)37/h9-10,16-19,25-30H,3-8,11-15,20-23H2,1-2H3. The van der Waals surface area contributed by atoms with Crippen LogP contribution in [0.2, 0.25) is 0 Å². The van der Waals surface area contributed by atoms with Crippen LogP contribution in [0.25, 0.3) is 0 Å². The Hall–Kier alpha value is -2.30. The highest BCUT2D eigenvalue weighted by Crippen LogP contribution is 2.49. The Kier molecular flexibility index (Phi) is 10.3. The molecule has 3 saturated carbocycles. The molecule has 220 valence electrons. The largest absolute Gasteiger partial charge is 0.493 e. The van der Waals surface area contributed by atoms with Gasteiger partial charge in [-0.15, -0.1) is 0 Å². The van der Waals surface area contributed by atoms with Crippen molar-refractivity contribution in [2.45, 2.75) is 90.9 Å². The highest BCUT2D eigenvalue weighted by Gasteiger charge is 2.39.